The van der Waals surface area contributed by atoms with Gasteiger partial charge in [-0.25, -0.2) is 0 Å². The molecule has 1 atom stereocenters. The van der Waals surface area contributed by atoms with Crippen LogP contribution in [0.5, 0.6) is 0 Å². The normalized spacial score (nSPS) is 11.8. The van der Waals surface area contributed by atoms with E-state index in [2.05, 4.69) is 6.92 Å². The van der Waals surface area contributed by atoms with Gasteiger partial charge in [0.05, 0.1) is 0 Å². The quantitative estimate of drug-likeness (QED) is 0.584. The van der Waals surface area contributed by atoms with E-state index in [0.717, 1.165) is 0 Å². The summed E-state index contributed by atoms with van der Waals surface area (Å²) in [7, 11) is 0. The number of rotatable bonds is 2. The third kappa shape index (κ3) is 9.73. The second-order valence-corrected chi connectivity index (χ2v) is 1.36. The molecule has 0 aliphatic rings. The van der Waals surface area contributed by atoms with Crippen LogP contribution >= 0.6 is 0 Å². The first-order chi connectivity index (χ1) is 3.13. The molecule has 1 radical (unpaired) electrons. The number of hydrogen-bond acceptors (Lipinski definition) is 2. The van der Waals surface area contributed by atoms with E-state index in [4.69, 9.17) is 10.8 Å². The molecule has 0 aromatic rings. The molecule has 4 heteroatoms. The van der Waals surface area contributed by atoms with Gasteiger partial charge in [0.15, 0.2) is 0 Å². The Morgan fingerprint density at radius 2 is 2.25 bits per heavy atom. The van der Waals surface area contributed by atoms with Crippen molar-refractivity contribution in [2.45, 2.75) is 12.5 Å². The maximum Gasteiger partial charge on any atom is 0.302 e. The fraction of sp³-hybridized carbons (Fsp3) is 0.500. The minimum Gasteiger partial charge on any atom is -0.481 e. The summed E-state index contributed by atoms with van der Waals surface area (Å²) < 4.78 is 0. The second kappa shape index (κ2) is 5.67. The first-order valence-corrected chi connectivity index (χ1v) is 1.93. The summed E-state index contributed by atoms with van der Waals surface area (Å²) in [4.78, 5) is 9.69. The number of carboxylic acids is 1. The van der Waals surface area contributed by atoms with Gasteiger partial charge in [-0.15, -0.1) is 6.04 Å². The predicted molar refractivity (Wildman–Crippen MR) is 25.6 cm³/mol. The Hall–Kier alpha value is 0.534. The number of carboxylic acid groups (broad SMARTS) is 1. The number of hydrogen-bond donors (Lipinski definition) is 2. The van der Waals surface area contributed by atoms with Gasteiger partial charge in [-0.05, 0) is 0 Å². The van der Waals surface area contributed by atoms with Crippen LogP contribution in [-0.2, 0) is 37.5 Å². The van der Waals surface area contributed by atoms with Crippen molar-refractivity contribution < 1.29 is 42.6 Å². The fourth-order valence-electron chi connectivity index (χ4n) is 0.224. The number of nitrogens with two attached hydrogens (primary N) is 1. The van der Waals surface area contributed by atoms with Crippen LogP contribution in [0.1, 0.15) is 6.42 Å². The summed E-state index contributed by atoms with van der Waals surface area (Å²) in [5.74, 6) is -0.900. The molecular formula is C4H8NO2Y-. The van der Waals surface area contributed by atoms with Gasteiger partial charge >= 0.3 is 5.97 Å². The summed E-state index contributed by atoms with van der Waals surface area (Å²) in [5, 5.41) is 7.96. The minimum absolute atomic E-state index is 0. The molecule has 3 N–H and O–H groups in total. The van der Waals surface area contributed by atoms with Crippen LogP contribution in [0.3, 0.4) is 0 Å². The largest absolute Gasteiger partial charge is 0.481 e. The van der Waals surface area contributed by atoms with Gasteiger partial charge in [0.2, 0.25) is 0 Å². The van der Waals surface area contributed by atoms with Crippen molar-refractivity contribution in [3.8, 4) is 0 Å². The van der Waals surface area contributed by atoms with Crippen LogP contribution in [0.25, 0.3) is 0 Å². The average molecular weight is 191 g/mol. The molecule has 0 spiro atoms. The third-order valence-corrected chi connectivity index (χ3v) is 0.437. The molecule has 8 heavy (non-hydrogen) atoms. The van der Waals surface area contributed by atoms with Gasteiger partial charge in [0, 0.05) is 39.1 Å². The average Bonchev–Trinajstić information content (AvgIpc) is 1.27. The molecule has 1 unspecified atom stereocenters. The second-order valence-electron chi connectivity index (χ2n) is 1.36. The molecule has 45 valence electrons. The van der Waals surface area contributed by atoms with Gasteiger partial charge in [-0.2, -0.15) is 0 Å². The zero-order chi connectivity index (χ0) is 5.86. The van der Waals surface area contributed by atoms with Gasteiger partial charge in [0.1, 0.15) is 0 Å². The Kier molecular flexibility index (Phi) is 8.04. The van der Waals surface area contributed by atoms with Crippen LogP contribution in [0, 0.1) is 6.92 Å². The molecule has 0 aliphatic heterocycles. The van der Waals surface area contributed by atoms with E-state index < -0.39 is 12.0 Å². The molecule has 0 fully saturated rings. The monoisotopic (exact) mass is 191 g/mol. The molecule has 0 amide bonds. The zero-order valence-corrected chi connectivity index (χ0v) is 7.34. The summed E-state index contributed by atoms with van der Waals surface area (Å²) in [5.41, 5.74) is 5.00. The van der Waals surface area contributed by atoms with Crippen molar-refractivity contribution in [3.63, 3.8) is 0 Å². The van der Waals surface area contributed by atoms with E-state index in [1.165, 1.54) is 0 Å². The van der Waals surface area contributed by atoms with Gasteiger partial charge < -0.3 is 17.8 Å². The molecule has 0 aliphatic carbocycles. The van der Waals surface area contributed by atoms with E-state index in [0.29, 0.717) is 0 Å². The number of aliphatic carboxylic acids is 1. The summed E-state index contributed by atoms with van der Waals surface area (Å²) >= 11 is 0. The predicted octanol–water partition coefficient (Wildman–Crippen LogP) is -0.380. The van der Waals surface area contributed by atoms with E-state index >= 15 is 0 Å². The summed E-state index contributed by atoms with van der Waals surface area (Å²) in [6, 6.07) is -0.475. The van der Waals surface area contributed by atoms with Gasteiger partial charge in [-0.1, -0.05) is 0 Å². The summed E-state index contributed by atoms with van der Waals surface area (Å²) in [6.07, 6.45) is -0.0556. The van der Waals surface area contributed by atoms with Crippen molar-refractivity contribution in [2.24, 2.45) is 5.73 Å². The van der Waals surface area contributed by atoms with Crippen molar-refractivity contribution in [3.05, 3.63) is 6.92 Å². The maximum absolute atomic E-state index is 9.69. The van der Waals surface area contributed by atoms with Crippen molar-refractivity contribution in [2.75, 3.05) is 0 Å². The zero-order valence-electron chi connectivity index (χ0n) is 4.50. The smallest absolute Gasteiger partial charge is 0.302 e. The Morgan fingerprint density at radius 1 is 1.88 bits per heavy atom. The summed E-state index contributed by atoms with van der Waals surface area (Å²) in [6.45, 7) is 3.28. The van der Waals surface area contributed by atoms with E-state index in [9.17, 15) is 4.79 Å². The van der Waals surface area contributed by atoms with Crippen molar-refractivity contribution >= 4 is 5.97 Å². The maximum atomic E-state index is 9.69. The molecule has 0 aromatic carbocycles. The standard InChI is InChI=1S/C4H8NO2.Y/c1-3(5)2-4(6)7;/h3H,1-2,5H2,(H,6,7);/q-1;. The molecule has 0 saturated heterocycles. The van der Waals surface area contributed by atoms with E-state index in [1.807, 2.05) is 0 Å². The Bertz CT molecular complexity index is 74.4. The van der Waals surface area contributed by atoms with Crippen LogP contribution in [0.15, 0.2) is 0 Å². The van der Waals surface area contributed by atoms with Crippen molar-refractivity contribution in [1.82, 2.24) is 0 Å². The molecule has 0 saturated carbocycles. The molecule has 3 nitrogen and oxygen atoms in total. The van der Waals surface area contributed by atoms with E-state index in [-0.39, 0.29) is 39.1 Å². The Balaban J connectivity index is 0. The van der Waals surface area contributed by atoms with Crippen LogP contribution in [-0.4, -0.2) is 17.1 Å². The van der Waals surface area contributed by atoms with Crippen LogP contribution < -0.4 is 5.73 Å². The van der Waals surface area contributed by atoms with Crippen LogP contribution in [0.2, 0.25) is 0 Å². The molecular weight excluding hydrogens is 183 g/mol. The first kappa shape index (κ1) is 11.3. The van der Waals surface area contributed by atoms with Gasteiger partial charge in [0.25, 0.3) is 0 Å². The van der Waals surface area contributed by atoms with Crippen molar-refractivity contribution in [1.29, 1.82) is 0 Å². The Labute approximate surface area is 73.5 Å². The number of carbonyl (C=O) groups is 1. The third-order valence-electron chi connectivity index (χ3n) is 0.437. The van der Waals surface area contributed by atoms with Gasteiger partial charge in [-0.3, -0.25) is 4.79 Å². The van der Waals surface area contributed by atoms with Crippen LogP contribution in [0.4, 0.5) is 0 Å². The Morgan fingerprint density at radius 3 is 2.25 bits per heavy atom. The molecule has 0 heterocycles. The SMILES string of the molecule is [CH2-]C(N)CC(=O)O.[Y]. The minimum atomic E-state index is -0.900. The molecule has 0 rings (SSSR count). The molecule has 0 aromatic heterocycles. The topological polar surface area (TPSA) is 63.3 Å². The molecule has 0 bridgehead atoms. The van der Waals surface area contributed by atoms with E-state index in [1.54, 1.807) is 0 Å². The fourth-order valence-corrected chi connectivity index (χ4v) is 0.224. The first-order valence-electron chi connectivity index (χ1n) is 1.93.